The van der Waals surface area contributed by atoms with Gasteiger partial charge in [-0.15, -0.1) is 12.4 Å². The van der Waals surface area contributed by atoms with Crippen molar-refractivity contribution >= 4 is 18.2 Å². The number of carbonyl (C=O) groups excluding carboxylic acids is 1. The van der Waals surface area contributed by atoms with Gasteiger partial charge in [0.15, 0.2) is 5.78 Å². The van der Waals surface area contributed by atoms with E-state index in [9.17, 15) is 4.79 Å². The first-order chi connectivity index (χ1) is 5.36. The van der Waals surface area contributed by atoms with Crippen LogP contribution in [-0.2, 0) is 4.79 Å². The monoisotopic (exact) mass is 183 g/mol. The number of nitrogens with zero attached hydrogens (tertiary/aromatic N) is 1. The van der Waals surface area contributed by atoms with Gasteiger partial charge in [-0.3, -0.25) is 4.79 Å². The fraction of sp³-hybridized carbons (Fsp3) is 0.222. The van der Waals surface area contributed by atoms with E-state index >= 15 is 0 Å². The van der Waals surface area contributed by atoms with Crippen molar-refractivity contribution in [2.24, 2.45) is 0 Å². The molecule has 0 spiro atoms. The first kappa shape index (κ1) is 9.07. The molecule has 0 aromatic rings. The molecule has 3 heteroatoms. The van der Waals surface area contributed by atoms with Crippen LogP contribution in [0, 0.1) is 0 Å². The molecule has 2 aliphatic heterocycles. The zero-order valence-corrected chi connectivity index (χ0v) is 7.38. The molecule has 2 heterocycles. The van der Waals surface area contributed by atoms with Crippen molar-refractivity contribution in [1.82, 2.24) is 4.90 Å². The zero-order chi connectivity index (χ0) is 7.68. The number of fused-ring (bicyclic) bond motifs is 1. The summed E-state index contributed by atoms with van der Waals surface area (Å²) in [6.07, 6.45) is 9.60. The molecule has 0 saturated carbocycles. The first-order valence-corrected chi connectivity index (χ1v) is 3.69. The van der Waals surface area contributed by atoms with Gasteiger partial charge in [0.1, 0.15) is 0 Å². The Morgan fingerprint density at radius 1 is 1.33 bits per heavy atom. The lowest BCUT2D eigenvalue weighted by Crippen LogP contribution is -2.32. The Morgan fingerprint density at radius 3 is 3.00 bits per heavy atom. The van der Waals surface area contributed by atoms with E-state index in [1.165, 1.54) is 0 Å². The van der Waals surface area contributed by atoms with Crippen LogP contribution in [0.4, 0.5) is 0 Å². The lowest BCUT2D eigenvalue weighted by Gasteiger charge is -2.27. The Bertz CT molecular complexity index is 278. The summed E-state index contributed by atoms with van der Waals surface area (Å²) in [5, 5.41) is 0. The van der Waals surface area contributed by atoms with E-state index in [1.807, 2.05) is 18.2 Å². The lowest BCUT2D eigenvalue weighted by molar-refractivity contribution is -0.115. The largest absolute Gasteiger partial charge is 0.360 e. The Kier molecular flexibility index (Phi) is 2.71. The van der Waals surface area contributed by atoms with Gasteiger partial charge < -0.3 is 4.90 Å². The molecule has 12 heavy (non-hydrogen) atoms. The van der Waals surface area contributed by atoms with Crippen molar-refractivity contribution < 1.29 is 4.79 Å². The average molecular weight is 184 g/mol. The second kappa shape index (κ2) is 3.59. The van der Waals surface area contributed by atoms with Crippen LogP contribution >= 0.6 is 12.4 Å². The van der Waals surface area contributed by atoms with Gasteiger partial charge in [-0.25, -0.2) is 0 Å². The third kappa shape index (κ3) is 1.59. The predicted molar refractivity (Wildman–Crippen MR) is 50.2 cm³/mol. The molecule has 64 valence electrons. The number of carbonyl (C=O) groups is 1. The van der Waals surface area contributed by atoms with Crippen molar-refractivity contribution in [1.29, 1.82) is 0 Å². The Balaban J connectivity index is 0.000000720. The fourth-order valence-electron chi connectivity index (χ4n) is 1.30. The van der Waals surface area contributed by atoms with Crippen LogP contribution in [0.15, 0.2) is 36.1 Å². The second-order valence-electron chi connectivity index (χ2n) is 2.70. The molecule has 0 aromatic heterocycles. The van der Waals surface area contributed by atoms with Crippen molar-refractivity contribution in [2.75, 3.05) is 13.1 Å². The van der Waals surface area contributed by atoms with E-state index in [-0.39, 0.29) is 18.2 Å². The summed E-state index contributed by atoms with van der Waals surface area (Å²) in [7, 11) is 0. The van der Waals surface area contributed by atoms with Crippen molar-refractivity contribution in [3.8, 4) is 0 Å². The van der Waals surface area contributed by atoms with Crippen molar-refractivity contribution in [2.45, 2.75) is 0 Å². The van der Waals surface area contributed by atoms with Crippen LogP contribution in [0.5, 0.6) is 0 Å². The number of hydrogen-bond donors (Lipinski definition) is 0. The van der Waals surface area contributed by atoms with Gasteiger partial charge >= 0.3 is 0 Å². The van der Waals surface area contributed by atoms with Gasteiger partial charge in [-0.1, -0.05) is 12.2 Å². The van der Waals surface area contributed by atoms with E-state index in [4.69, 9.17) is 0 Å². The summed E-state index contributed by atoms with van der Waals surface area (Å²) in [6.45, 7) is 1.40. The van der Waals surface area contributed by atoms with Gasteiger partial charge in [0, 0.05) is 12.2 Å². The molecule has 0 saturated heterocycles. The topological polar surface area (TPSA) is 20.3 Å². The summed E-state index contributed by atoms with van der Waals surface area (Å²) in [4.78, 5) is 13.0. The van der Waals surface area contributed by atoms with Crippen LogP contribution in [-0.4, -0.2) is 23.8 Å². The maximum Gasteiger partial charge on any atom is 0.174 e. The van der Waals surface area contributed by atoms with E-state index in [0.717, 1.165) is 12.2 Å². The minimum Gasteiger partial charge on any atom is -0.360 e. The van der Waals surface area contributed by atoms with E-state index in [2.05, 4.69) is 11.0 Å². The Morgan fingerprint density at radius 2 is 2.17 bits per heavy atom. The van der Waals surface area contributed by atoms with E-state index in [0.29, 0.717) is 6.54 Å². The third-order valence-electron chi connectivity index (χ3n) is 1.88. The first-order valence-electron chi connectivity index (χ1n) is 3.69. The lowest BCUT2D eigenvalue weighted by atomic mass is 10.1. The van der Waals surface area contributed by atoms with Gasteiger partial charge in [0.05, 0.1) is 6.54 Å². The second-order valence-corrected chi connectivity index (χ2v) is 2.70. The van der Waals surface area contributed by atoms with E-state index in [1.54, 1.807) is 6.08 Å². The highest BCUT2D eigenvalue weighted by atomic mass is 35.5. The number of ketones is 1. The van der Waals surface area contributed by atoms with Crippen molar-refractivity contribution in [3.63, 3.8) is 0 Å². The highest BCUT2D eigenvalue weighted by Gasteiger charge is 2.14. The highest BCUT2D eigenvalue weighted by Crippen LogP contribution is 2.14. The molecule has 2 aliphatic rings. The van der Waals surface area contributed by atoms with Gasteiger partial charge in [0.25, 0.3) is 0 Å². The number of rotatable bonds is 0. The zero-order valence-electron chi connectivity index (χ0n) is 6.56. The molecule has 0 atom stereocenters. The number of allylic oxidation sites excluding steroid dienone is 3. The molecule has 2 rings (SSSR count). The molecule has 0 aromatic carbocycles. The normalized spacial score (nSPS) is 19.8. The van der Waals surface area contributed by atoms with E-state index < -0.39 is 0 Å². The minimum atomic E-state index is 0. The van der Waals surface area contributed by atoms with Crippen LogP contribution < -0.4 is 0 Å². The number of halogens is 1. The molecule has 0 unspecified atom stereocenters. The smallest absolute Gasteiger partial charge is 0.174 e. The average Bonchev–Trinajstić information content (AvgIpc) is 2.04. The molecule has 0 aliphatic carbocycles. The summed E-state index contributed by atoms with van der Waals surface area (Å²) in [6, 6.07) is 0. The summed E-state index contributed by atoms with van der Waals surface area (Å²) in [5.74, 6) is 0.192. The van der Waals surface area contributed by atoms with Crippen LogP contribution in [0.3, 0.4) is 0 Å². The van der Waals surface area contributed by atoms with Crippen LogP contribution in [0.1, 0.15) is 0 Å². The Hall–Kier alpha value is -1.02. The van der Waals surface area contributed by atoms with Crippen molar-refractivity contribution in [3.05, 3.63) is 36.1 Å². The fourth-order valence-corrected chi connectivity index (χ4v) is 1.30. The molecule has 0 radical (unpaired) electrons. The predicted octanol–water partition coefficient (Wildman–Crippen LogP) is 1.30. The third-order valence-corrected chi connectivity index (χ3v) is 1.88. The Labute approximate surface area is 77.7 Å². The molecular formula is C9H10ClNO. The highest BCUT2D eigenvalue weighted by molar-refractivity contribution is 5.93. The molecule has 0 N–H and O–H groups in total. The van der Waals surface area contributed by atoms with Crippen LogP contribution in [0.2, 0.25) is 0 Å². The van der Waals surface area contributed by atoms with Crippen LogP contribution in [0.25, 0.3) is 0 Å². The summed E-state index contributed by atoms with van der Waals surface area (Å²) in [5.41, 5.74) is 1.15. The van der Waals surface area contributed by atoms with Gasteiger partial charge in [-0.2, -0.15) is 0 Å². The molecule has 0 bridgehead atoms. The molecule has 0 fully saturated rings. The minimum absolute atomic E-state index is 0. The standard InChI is InChI=1S/C9H9NO.ClH/c11-9-5-4-8-3-1-2-6-10(8)7-9;/h1-5H,6-7H2;1H. The van der Waals surface area contributed by atoms with Gasteiger partial charge in [0.2, 0.25) is 0 Å². The summed E-state index contributed by atoms with van der Waals surface area (Å²) < 4.78 is 0. The molecular weight excluding hydrogens is 174 g/mol. The summed E-state index contributed by atoms with van der Waals surface area (Å²) >= 11 is 0. The molecule has 0 amide bonds. The molecule has 2 nitrogen and oxygen atoms in total. The number of hydrogen-bond acceptors (Lipinski definition) is 2. The maximum atomic E-state index is 10.9. The maximum absolute atomic E-state index is 10.9. The van der Waals surface area contributed by atoms with Gasteiger partial charge in [-0.05, 0) is 18.2 Å². The SMILES string of the molecule is Cl.O=C1C=CC2=CC=CCN2C1. The quantitative estimate of drug-likeness (QED) is 0.565.